The fourth-order valence-electron chi connectivity index (χ4n) is 2.04. The lowest BCUT2D eigenvalue weighted by molar-refractivity contribution is 0.399. The van der Waals surface area contributed by atoms with Crippen molar-refractivity contribution in [3.05, 3.63) is 53.9 Å². The molecule has 0 radical (unpaired) electrons. The topological polar surface area (TPSA) is 47.0 Å². The smallest absolute Gasteiger partial charge is 0.142 e. The summed E-state index contributed by atoms with van der Waals surface area (Å²) >= 11 is 0. The molecule has 2 aromatic rings. The molecule has 0 spiro atoms. The van der Waals surface area contributed by atoms with Crippen molar-refractivity contribution in [3.63, 3.8) is 0 Å². The van der Waals surface area contributed by atoms with E-state index in [1.807, 2.05) is 12.1 Å². The summed E-state index contributed by atoms with van der Waals surface area (Å²) in [7, 11) is 1.60. The first-order valence-electron chi connectivity index (χ1n) is 6.59. The molecule has 0 aliphatic rings. The zero-order valence-corrected chi connectivity index (χ0v) is 11.6. The lowest BCUT2D eigenvalue weighted by atomic mass is 10.0. The number of nitrogens with one attached hydrogen (secondary N) is 1. The van der Waals surface area contributed by atoms with Crippen molar-refractivity contribution in [2.24, 2.45) is 0 Å². The van der Waals surface area contributed by atoms with Crippen molar-refractivity contribution < 1.29 is 9.13 Å². The minimum atomic E-state index is -0.360. The van der Waals surface area contributed by atoms with Crippen molar-refractivity contribution in [3.8, 4) is 5.75 Å². The van der Waals surface area contributed by atoms with E-state index in [4.69, 9.17) is 4.74 Å². The largest absolute Gasteiger partial charge is 0.495 e. The minimum Gasteiger partial charge on any atom is -0.495 e. The van der Waals surface area contributed by atoms with Crippen molar-refractivity contribution >= 4 is 0 Å². The molecule has 20 heavy (non-hydrogen) atoms. The summed E-state index contributed by atoms with van der Waals surface area (Å²) in [4.78, 5) is 8.28. The molecule has 1 unspecified atom stereocenters. The van der Waals surface area contributed by atoms with Gasteiger partial charge in [0.2, 0.25) is 0 Å². The second kappa shape index (κ2) is 6.96. The summed E-state index contributed by atoms with van der Waals surface area (Å²) in [5, 5.41) is 3.35. The van der Waals surface area contributed by atoms with Gasteiger partial charge in [-0.1, -0.05) is 6.92 Å². The Kier molecular flexibility index (Phi) is 5.01. The third-order valence-electron chi connectivity index (χ3n) is 2.95. The number of nitrogens with zero attached hydrogens (tertiary/aromatic N) is 2. The molecular formula is C15H18FN3O. The van der Waals surface area contributed by atoms with Crippen LogP contribution in [0.1, 0.15) is 30.6 Å². The highest BCUT2D eigenvalue weighted by Crippen LogP contribution is 2.27. The van der Waals surface area contributed by atoms with Gasteiger partial charge in [0.25, 0.3) is 0 Å². The average molecular weight is 275 g/mol. The number of methoxy groups -OCH3 is 1. The maximum absolute atomic E-state index is 13.4. The molecule has 2 heterocycles. The average Bonchev–Trinajstić information content (AvgIpc) is 2.48. The van der Waals surface area contributed by atoms with Gasteiger partial charge in [0.1, 0.15) is 17.3 Å². The number of pyridine rings is 2. The molecule has 1 N–H and O–H groups in total. The molecule has 1 atom stereocenters. The quantitative estimate of drug-likeness (QED) is 0.880. The predicted molar refractivity (Wildman–Crippen MR) is 75.1 cm³/mol. The van der Waals surface area contributed by atoms with Crippen LogP contribution in [-0.4, -0.2) is 23.6 Å². The summed E-state index contributed by atoms with van der Waals surface area (Å²) in [5.41, 5.74) is 1.46. The summed E-state index contributed by atoms with van der Waals surface area (Å²) in [6.45, 7) is 2.87. The molecule has 0 aromatic carbocycles. The molecular weight excluding hydrogens is 257 g/mol. The number of halogens is 1. The van der Waals surface area contributed by atoms with E-state index in [2.05, 4.69) is 22.2 Å². The maximum atomic E-state index is 13.4. The van der Waals surface area contributed by atoms with E-state index >= 15 is 0 Å². The Hall–Kier alpha value is -2.01. The highest BCUT2D eigenvalue weighted by Gasteiger charge is 2.19. The van der Waals surface area contributed by atoms with Gasteiger partial charge in [-0.15, -0.1) is 0 Å². The normalized spacial score (nSPS) is 12.2. The zero-order valence-electron chi connectivity index (χ0n) is 11.6. The van der Waals surface area contributed by atoms with Crippen LogP contribution in [0.3, 0.4) is 0 Å². The van der Waals surface area contributed by atoms with E-state index in [1.165, 1.54) is 12.3 Å². The van der Waals surface area contributed by atoms with E-state index in [9.17, 15) is 4.39 Å². The van der Waals surface area contributed by atoms with Gasteiger partial charge in [0.15, 0.2) is 0 Å². The highest BCUT2D eigenvalue weighted by molar-refractivity contribution is 5.36. The number of ether oxygens (including phenoxy) is 1. The predicted octanol–water partition coefficient (Wildman–Crippen LogP) is 2.71. The van der Waals surface area contributed by atoms with Crippen molar-refractivity contribution in [2.75, 3.05) is 13.7 Å². The molecule has 2 rings (SSSR count). The Bertz CT molecular complexity index is 562. The molecule has 5 heteroatoms. The number of hydrogen-bond acceptors (Lipinski definition) is 4. The molecule has 0 saturated carbocycles. The second-order valence-corrected chi connectivity index (χ2v) is 4.41. The Morgan fingerprint density at radius 3 is 2.95 bits per heavy atom. The van der Waals surface area contributed by atoms with Crippen molar-refractivity contribution in [1.29, 1.82) is 0 Å². The van der Waals surface area contributed by atoms with Crippen LogP contribution in [0.4, 0.5) is 4.39 Å². The summed E-state index contributed by atoms with van der Waals surface area (Å²) in [6.07, 6.45) is 5.50. The molecule has 0 fully saturated rings. The molecule has 0 bridgehead atoms. The summed E-state index contributed by atoms with van der Waals surface area (Å²) < 4.78 is 18.7. The molecule has 0 amide bonds. The SMILES string of the molecule is CCCNC(c1cncc(F)c1)c1ncccc1OC. The van der Waals surface area contributed by atoms with Crippen LogP contribution < -0.4 is 10.1 Å². The second-order valence-electron chi connectivity index (χ2n) is 4.41. The van der Waals surface area contributed by atoms with Crippen molar-refractivity contribution in [1.82, 2.24) is 15.3 Å². The fraction of sp³-hybridized carbons (Fsp3) is 0.333. The van der Waals surface area contributed by atoms with Gasteiger partial charge in [-0.25, -0.2) is 4.39 Å². The lowest BCUT2D eigenvalue weighted by Gasteiger charge is -2.20. The van der Waals surface area contributed by atoms with Gasteiger partial charge in [0, 0.05) is 12.4 Å². The van der Waals surface area contributed by atoms with Crippen LogP contribution in [0.25, 0.3) is 0 Å². The molecule has 0 aliphatic heterocycles. The Morgan fingerprint density at radius 2 is 2.25 bits per heavy atom. The van der Waals surface area contributed by atoms with E-state index in [0.29, 0.717) is 5.75 Å². The van der Waals surface area contributed by atoms with Gasteiger partial charge >= 0.3 is 0 Å². The van der Waals surface area contributed by atoms with Crippen LogP contribution in [-0.2, 0) is 0 Å². The van der Waals surface area contributed by atoms with Gasteiger partial charge in [-0.05, 0) is 36.7 Å². The van der Waals surface area contributed by atoms with E-state index < -0.39 is 0 Å². The fourth-order valence-corrected chi connectivity index (χ4v) is 2.04. The van der Waals surface area contributed by atoms with E-state index in [-0.39, 0.29) is 11.9 Å². The number of aromatic nitrogens is 2. The molecule has 0 saturated heterocycles. The highest BCUT2D eigenvalue weighted by atomic mass is 19.1. The van der Waals surface area contributed by atoms with E-state index in [1.54, 1.807) is 19.5 Å². The van der Waals surface area contributed by atoms with Gasteiger partial charge in [-0.3, -0.25) is 9.97 Å². The standard InChI is InChI=1S/C15H18FN3O/c1-3-6-18-14(11-8-12(16)10-17-9-11)15-13(20-2)5-4-7-19-15/h4-5,7-10,14,18H,3,6H2,1-2H3. The van der Waals surface area contributed by atoms with E-state index in [0.717, 1.165) is 24.2 Å². The van der Waals surface area contributed by atoms with Crippen LogP contribution >= 0.6 is 0 Å². The lowest BCUT2D eigenvalue weighted by Crippen LogP contribution is -2.24. The Balaban J connectivity index is 2.41. The molecule has 4 nitrogen and oxygen atoms in total. The summed E-state index contributed by atoms with van der Waals surface area (Å²) in [6, 6.07) is 4.88. The Labute approximate surface area is 118 Å². The zero-order chi connectivity index (χ0) is 14.4. The third-order valence-corrected chi connectivity index (χ3v) is 2.95. The summed E-state index contributed by atoms with van der Waals surface area (Å²) in [5.74, 6) is 0.311. The molecule has 2 aromatic heterocycles. The molecule has 0 aliphatic carbocycles. The monoisotopic (exact) mass is 275 g/mol. The van der Waals surface area contributed by atoms with Gasteiger partial charge in [0.05, 0.1) is 19.3 Å². The van der Waals surface area contributed by atoms with Crippen LogP contribution in [0.15, 0.2) is 36.8 Å². The minimum absolute atomic E-state index is 0.241. The Morgan fingerprint density at radius 1 is 1.40 bits per heavy atom. The van der Waals surface area contributed by atoms with Gasteiger partial charge in [-0.2, -0.15) is 0 Å². The first-order chi connectivity index (χ1) is 9.76. The van der Waals surface area contributed by atoms with Gasteiger partial charge < -0.3 is 10.1 Å². The van der Waals surface area contributed by atoms with Crippen LogP contribution in [0, 0.1) is 5.82 Å². The first kappa shape index (κ1) is 14.4. The van der Waals surface area contributed by atoms with Crippen LogP contribution in [0.5, 0.6) is 5.75 Å². The third kappa shape index (κ3) is 3.30. The number of rotatable bonds is 6. The first-order valence-corrected chi connectivity index (χ1v) is 6.59. The number of hydrogen-bond donors (Lipinski definition) is 1. The van der Waals surface area contributed by atoms with Crippen LogP contribution in [0.2, 0.25) is 0 Å². The molecule has 106 valence electrons. The maximum Gasteiger partial charge on any atom is 0.142 e. The van der Waals surface area contributed by atoms with Crippen molar-refractivity contribution in [2.45, 2.75) is 19.4 Å².